The molecule has 1 aliphatic rings. The van der Waals surface area contributed by atoms with E-state index in [-0.39, 0.29) is 22.0 Å². The highest BCUT2D eigenvalue weighted by Crippen LogP contribution is 2.22. The van der Waals surface area contributed by atoms with Crippen molar-refractivity contribution in [1.82, 2.24) is 20.2 Å². The van der Waals surface area contributed by atoms with Crippen molar-refractivity contribution in [2.24, 2.45) is 0 Å². The molecule has 11 heteroatoms. The van der Waals surface area contributed by atoms with Crippen molar-refractivity contribution < 1.29 is 18.8 Å². The number of nitrogens with zero attached hydrogens (tertiary/aromatic N) is 2. The van der Waals surface area contributed by atoms with Crippen molar-refractivity contribution in [2.75, 3.05) is 23.7 Å². The molecule has 0 radical (unpaired) electrons. The number of carbonyl (C=O) groups is 3. The van der Waals surface area contributed by atoms with E-state index in [1.54, 1.807) is 24.3 Å². The Balaban J connectivity index is 1.32. The third-order valence-corrected chi connectivity index (χ3v) is 7.00. The van der Waals surface area contributed by atoms with E-state index in [1.165, 1.54) is 18.8 Å². The fourth-order valence-corrected chi connectivity index (χ4v) is 4.89. The van der Waals surface area contributed by atoms with Crippen LogP contribution >= 0.6 is 11.6 Å². The minimum atomic E-state index is -0.551. The Morgan fingerprint density at radius 3 is 2.26 bits per heavy atom. The predicted octanol–water partition coefficient (Wildman–Crippen LogP) is 4.70. The summed E-state index contributed by atoms with van der Waals surface area (Å²) in [6, 6.07) is 10.8. The van der Waals surface area contributed by atoms with Gasteiger partial charge in [0.1, 0.15) is 11.5 Å². The van der Waals surface area contributed by atoms with Crippen LogP contribution < -0.4 is 16.0 Å². The molecule has 1 saturated heterocycles. The Hall–Kier alpha value is -3.76. The van der Waals surface area contributed by atoms with E-state index < -0.39 is 23.5 Å². The van der Waals surface area contributed by atoms with Gasteiger partial charge in [0, 0.05) is 36.5 Å². The number of hydrogen-bond acceptors (Lipinski definition) is 5. The molecule has 4 rings (SSSR count). The van der Waals surface area contributed by atoms with Crippen LogP contribution in [-0.4, -0.2) is 57.8 Å². The van der Waals surface area contributed by atoms with Gasteiger partial charge >= 0.3 is 0 Å². The van der Waals surface area contributed by atoms with Crippen LogP contribution in [0, 0.1) is 5.82 Å². The maximum atomic E-state index is 13.2. The molecule has 3 aromatic rings. The molecular weight excluding hydrogens is 511 g/mol. The average molecular weight is 541 g/mol. The molecule has 0 aliphatic carbocycles. The number of hydrogen-bond donors (Lipinski definition) is 4. The molecule has 9 nitrogen and oxygen atoms in total. The van der Waals surface area contributed by atoms with Crippen molar-refractivity contribution in [3.63, 3.8) is 0 Å². The normalized spacial score (nSPS) is 17.6. The Bertz CT molecular complexity index is 1300. The number of carbonyl (C=O) groups excluding carboxylic acids is 3. The van der Waals surface area contributed by atoms with Crippen LogP contribution in [-0.2, 0) is 0 Å². The highest BCUT2D eigenvalue weighted by molar-refractivity contribution is 6.34. The molecule has 4 N–H and O–H groups in total. The Morgan fingerprint density at radius 1 is 1.00 bits per heavy atom. The molecule has 1 aromatic heterocycles. The van der Waals surface area contributed by atoms with Crippen molar-refractivity contribution >= 4 is 40.7 Å². The van der Waals surface area contributed by atoms with E-state index in [1.807, 2.05) is 0 Å². The number of likely N-dealkylation sites (tertiary alicyclic amines) is 1. The summed E-state index contributed by atoms with van der Waals surface area (Å²) in [4.78, 5) is 47.2. The van der Waals surface area contributed by atoms with Gasteiger partial charge in [-0.15, -0.1) is 0 Å². The first-order valence-corrected chi connectivity index (χ1v) is 12.9. The van der Waals surface area contributed by atoms with E-state index in [0.29, 0.717) is 30.0 Å². The molecule has 2 heterocycles. The van der Waals surface area contributed by atoms with E-state index in [4.69, 9.17) is 11.6 Å². The fourth-order valence-electron chi connectivity index (χ4n) is 4.64. The summed E-state index contributed by atoms with van der Waals surface area (Å²) >= 11 is 5.94. The topological polar surface area (TPSA) is 119 Å². The zero-order valence-electron chi connectivity index (χ0n) is 21.2. The lowest BCUT2D eigenvalue weighted by Crippen LogP contribution is -2.47. The van der Waals surface area contributed by atoms with E-state index in [0.717, 1.165) is 31.5 Å². The fraction of sp³-hybridized carbons (Fsp3) is 0.333. The largest absolute Gasteiger partial charge is 0.349 e. The molecule has 2 unspecified atom stereocenters. The summed E-state index contributed by atoms with van der Waals surface area (Å²) in [5.41, 5.74) is 1.09. The van der Waals surface area contributed by atoms with Gasteiger partial charge in [-0.3, -0.25) is 19.3 Å². The molecule has 38 heavy (non-hydrogen) atoms. The van der Waals surface area contributed by atoms with Gasteiger partial charge in [0.15, 0.2) is 5.69 Å². The van der Waals surface area contributed by atoms with E-state index >= 15 is 0 Å². The Morgan fingerprint density at radius 2 is 1.63 bits per heavy atom. The molecule has 2 atom stereocenters. The Kier molecular flexibility index (Phi) is 8.75. The number of halogens is 2. The average Bonchev–Trinajstić information content (AvgIpc) is 3.37. The van der Waals surface area contributed by atoms with Crippen molar-refractivity contribution in [3.8, 4) is 0 Å². The van der Waals surface area contributed by atoms with Crippen LogP contribution in [0.15, 0.2) is 48.8 Å². The standard InChI is InChI=1S/C27H30ClFN6O3/c1-16-4-3-5-17(2)35(16)13-12-30-26(37)23-24(32-15-31-23)27(38)34-20-9-7-19(8-10-20)33-25(36)21-11-6-18(29)14-22(21)28/h6-11,14-17H,3-5,12-13H2,1-2H3,(H,30,37)(H,31,32)(H,33,36)(H,34,38). The quantitative estimate of drug-likeness (QED) is 0.330. The number of aromatic amines is 1. The predicted molar refractivity (Wildman–Crippen MR) is 144 cm³/mol. The minimum absolute atomic E-state index is 0.000777. The summed E-state index contributed by atoms with van der Waals surface area (Å²) in [7, 11) is 0. The van der Waals surface area contributed by atoms with Crippen LogP contribution in [0.2, 0.25) is 5.02 Å². The van der Waals surface area contributed by atoms with E-state index in [9.17, 15) is 18.8 Å². The lowest BCUT2D eigenvalue weighted by molar-refractivity contribution is 0.0879. The third kappa shape index (κ3) is 6.56. The molecule has 200 valence electrons. The number of imidazole rings is 1. The molecule has 3 amide bonds. The molecular formula is C27H30ClFN6O3. The SMILES string of the molecule is CC1CCCC(C)N1CCNC(=O)c1[nH]cnc1C(=O)Nc1ccc(NC(=O)c2ccc(F)cc2Cl)cc1. The number of H-pyrrole nitrogens is 1. The lowest BCUT2D eigenvalue weighted by atomic mass is 9.98. The molecule has 0 spiro atoms. The van der Waals surface area contributed by atoms with Crippen LogP contribution in [0.25, 0.3) is 0 Å². The number of nitrogens with one attached hydrogen (secondary N) is 4. The zero-order valence-corrected chi connectivity index (χ0v) is 21.9. The summed E-state index contributed by atoms with van der Waals surface area (Å²) in [6.07, 6.45) is 4.83. The number of amides is 3. The smallest absolute Gasteiger partial charge is 0.276 e. The summed E-state index contributed by atoms with van der Waals surface area (Å²) in [5, 5.41) is 8.25. The highest BCUT2D eigenvalue weighted by Gasteiger charge is 2.25. The Labute approximate surface area is 225 Å². The molecule has 2 aromatic carbocycles. The van der Waals surface area contributed by atoms with Gasteiger partial charge in [-0.1, -0.05) is 18.0 Å². The van der Waals surface area contributed by atoms with Gasteiger partial charge in [0.25, 0.3) is 17.7 Å². The van der Waals surface area contributed by atoms with Crippen molar-refractivity contribution in [2.45, 2.75) is 45.2 Å². The lowest BCUT2D eigenvalue weighted by Gasteiger charge is -2.39. The summed E-state index contributed by atoms with van der Waals surface area (Å²) in [6.45, 7) is 5.61. The second-order valence-corrected chi connectivity index (χ2v) is 9.77. The van der Waals surface area contributed by atoms with Gasteiger partial charge in [0.2, 0.25) is 0 Å². The maximum absolute atomic E-state index is 13.2. The number of aromatic nitrogens is 2. The second kappa shape index (κ2) is 12.2. The first kappa shape index (κ1) is 27.3. The van der Waals surface area contributed by atoms with Gasteiger partial charge in [-0.05, 0) is 69.2 Å². The molecule has 1 fully saturated rings. The van der Waals surface area contributed by atoms with Crippen molar-refractivity contribution in [1.29, 1.82) is 0 Å². The summed E-state index contributed by atoms with van der Waals surface area (Å²) in [5.74, 6) is -1.99. The second-order valence-electron chi connectivity index (χ2n) is 9.36. The number of anilines is 2. The first-order valence-electron chi connectivity index (χ1n) is 12.5. The molecule has 0 saturated carbocycles. The van der Waals surface area contributed by atoms with Crippen LogP contribution in [0.1, 0.15) is 64.4 Å². The van der Waals surface area contributed by atoms with Gasteiger partial charge < -0.3 is 20.9 Å². The van der Waals surface area contributed by atoms with Gasteiger partial charge in [-0.25, -0.2) is 9.37 Å². The minimum Gasteiger partial charge on any atom is -0.349 e. The number of piperidine rings is 1. The van der Waals surface area contributed by atoms with E-state index in [2.05, 4.69) is 44.7 Å². The monoisotopic (exact) mass is 540 g/mol. The van der Waals surface area contributed by atoms with Crippen LogP contribution in [0.3, 0.4) is 0 Å². The van der Waals surface area contributed by atoms with Gasteiger partial charge in [0.05, 0.1) is 16.9 Å². The van der Waals surface area contributed by atoms with Crippen LogP contribution in [0.4, 0.5) is 15.8 Å². The maximum Gasteiger partial charge on any atom is 0.276 e. The zero-order chi connectivity index (χ0) is 27.2. The van der Waals surface area contributed by atoms with Crippen LogP contribution in [0.5, 0.6) is 0 Å². The van der Waals surface area contributed by atoms with Gasteiger partial charge in [-0.2, -0.15) is 0 Å². The summed E-state index contributed by atoms with van der Waals surface area (Å²) < 4.78 is 13.2. The number of benzene rings is 2. The first-order chi connectivity index (χ1) is 18.2. The molecule has 0 bridgehead atoms. The number of rotatable bonds is 8. The highest BCUT2D eigenvalue weighted by atomic mass is 35.5. The van der Waals surface area contributed by atoms with Crippen molar-refractivity contribution in [3.05, 3.63) is 76.6 Å². The molecule has 1 aliphatic heterocycles. The third-order valence-electron chi connectivity index (χ3n) is 6.69.